The van der Waals surface area contributed by atoms with Crippen LogP contribution in [0.2, 0.25) is 0 Å². The molecule has 0 unspecified atom stereocenters. The van der Waals surface area contributed by atoms with Gasteiger partial charge in [-0.3, -0.25) is 0 Å². The summed E-state index contributed by atoms with van der Waals surface area (Å²) in [5.41, 5.74) is 1.26. The fourth-order valence-electron chi connectivity index (χ4n) is 2.19. The van der Waals surface area contributed by atoms with Crippen LogP contribution in [-0.4, -0.2) is 26.8 Å². The molecule has 2 aromatic rings. The van der Waals surface area contributed by atoms with Crippen LogP contribution in [0.3, 0.4) is 0 Å². The Labute approximate surface area is 160 Å². The van der Waals surface area contributed by atoms with E-state index in [0.717, 1.165) is 9.13 Å². The highest BCUT2D eigenvalue weighted by Gasteiger charge is 2.25. The predicted molar refractivity (Wildman–Crippen MR) is 104 cm³/mol. The van der Waals surface area contributed by atoms with Crippen molar-refractivity contribution in [1.82, 2.24) is 0 Å². The molecule has 0 bridgehead atoms. The van der Waals surface area contributed by atoms with Gasteiger partial charge in [0.05, 0.1) is 17.8 Å². The molecular formula is C19H19IO5. The highest BCUT2D eigenvalue weighted by atomic mass is 127. The highest BCUT2D eigenvalue weighted by molar-refractivity contribution is 14.1. The number of carbonyl (C=O) groups excluding carboxylic acids is 1. The van der Waals surface area contributed by atoms with E-state index in [1.807, 2.05) is 30.3 Å². The fourth-order valence-corrected chi connectivity index (χ4v) is 2.97. The van der Waals surface area contributed by atoms with E-state index >= 15 is 0 Å². The zero-order valence-corrected chi connectivity index (χ0v) is 16.2. The summed E-state index contributed by atoms with van der Waals surface area (Å²) in [5, 5.41) is 0. The number of benzene rings is 2. The van der Waals surface area contributed by atoms with E-state index in [1.54, 1.807) is 19.3 Å². The van der Waals surface area contributed by atoms with Gasteiger partial charge in [-0.05, 0) is 34.2 Å². The molecule has 0 atom stereocenters. The molecule has 0 saturated carbocycles. The minimum Gasteiger partial charge on any atom is -0.492 e. The van der Waals surface area contributed by atoms with E-state index in [0.29, 0.717) is 18.1 Å². The molecule has 2 rings (SSSR count). The molecule has 5 nitrogen and oxygen atoms in total. The second-order valence-corrected chi connectivity index (χ2v) is 6.13. The molecule has 0 heterocycles. The number of esters is 1. The van der Waals surface area contributed by atoms with E-state index in [2.05, 4.69) is 29.2 Å². The third kappa shape index (κ3) is 4.66. The maximum absolute atomic E-state index is 12.1. The van der Waals surface area contributed by atoms with Crippen molar-refractivity contribution in [3.63, 3.8) is 0 Å². The van der Waals surface area contributed by atoms with Crippen molar-refractivity contribution in [3.8, 4) is 17.2 Å². The molecule has 6 heteroatoms. The van der Waals surface area contributed by atoms with Gasteiger partial charge >= 0.3 is 5.97 Å². The third-order valence-electron chi connectivity index (χ3n) is 3.33. The molecule has 0 spiro atoms. The second kappa shape index (κ2) is 9.31. The van der Waals surface area contributed by atoms with Crippen molar-refractivity contribution in [2.75, 3.05) is 20.8 Å². The van der Waals surface area contributed by atoms with E-state index in [-0.39, 0.29) is 17.9 Å². The molecule has 2 aromatic carbocycles. The van der Waals surface area contributed by atoms with Crippen molar-refractivity contribution in [2.24, 2.45) is 0 Å². The van der Waals surface area contributed by atoms with Crippen LogP contribution in [0.5, 0.6) is 17.2 Å². The average Bonchev–Trinajstić information content (AvgIpc) is 2.65. The monoisotopic (exact) mass is 454 g/mol. The van der Waals surface area contributed by atoms with Crippen molar-refractivity contribution >= 4 is 28.6 Å². The van der Waals surface area contributed by atoms with Crippen LogP contribution in [0.25, 0.3) is 0 Å². The first-order chi connectivity index (χ1) is 12.1. The Morgan fingerprint density at radius 2 is 1.84 bits per heavy atom. The van der Waals surface area contributed by atoms with Crippen molar-refractivity contribution in [1.29, 1.82) is 0 Å². The van der Waals surface area contributed by atoms with Crippen molar-refractivity contribution in [2.45, 2.75) is 6.61 Å². The van der Waals surface area contributed by atoms with Gasteiger partial charge in [0, 0.05) is 0 Å². The Kier molecular flexibility index (Phi) is 7.12. The Hall–Kier alpha value is -2.22. The number of ether oxygens (including phenoxy) is 4. The van der Waals surface area contributed by atoms with Gasteiger partial charge in [0.25, 0.3) is 0 Å². The smallest absolute Gasteiger partial charge is 0.341 e. The number of rotatable bonds is 8. The van der Waals surface area contributed by atoms with E-state index in [9.17, 15) is 4.79 Å². The molecule has 0 amide bonds. The molecule has 0 aliphatic heterocycles. The summed E-state index contributed by atoms with van der Waals surface area (Å²) < 4.78 is 22.7. The maximum atomic E-state index is 12.1. The Bertz CT molecular complexity index is 743. The topological polar surface area (TPSA) is 54.0 Å². The zero-order valence-electron chi connectivity index (χ0n) is 14.1. The van der Waals surface area contributed by atoms with Crippen LogP contribution in [0.4, 0.5) is 0 Å². The molecule has 0 saturated heterocycles. The van der Waals surface area contributed by atoms with Crippen molar-refractivity contribution < 1.29 is 23.7 Å². The van der Waals surface area contributed by atoms with E-state index in [4.69, 9.17) is 18.9 Å². The average molecular weight is 454 g/mol. The largest absolute Gasteiger partial charge is 0.492 e. The summed E-state index contributed by atoms with van der Waals surface area (Å²) in [6.45, 7) is 4.16. The minimum absolute atomic E-state index is 0.218. The fraction of sp³-hybridized carbons (Fsp3) is 0.211. The van der Waals surface area contributed by atoms with Gasteiger partial charge in [0.2, 0.25) is 5.75 Å². The molecule has 0 fully saturated rings. The summed E-state index contributed by atoms with van der Waals surface area (Å²) in [4.78, 5) is 12.1. The van der Waals surface area contributed by atoms with Crippen LogP contribution in [0.15, 0.2) is 49.1 Å². The number of halogens is 1. The molecule has 132 valence electrons. The molecule has 25 heavy (non-hydrogen) atoms. The summed E-state index contributed by atoms with van der Waals surface area (Å²) in [6.07, 6.45) is 1.59. The maximum Gasteiger partial charge on any atom is 0.341 e. The van der Waals surface area contributed by atoms with Gasteiger partial charge in [0.1, 0.15) is 18.8 Å². The first-order valence-corrected chi connectivity index (χ1v) is 8.59. The van der Waals surface area contributed by atoms with Gasteiger partial charge in [-0.2, -0.15) is 0 Å². The van der Waals surface area contributed by atoms with E-state index < -0.39 is 5.97 Å². The molecule has 0 radical (unpaired) electrons. The predicted octanol–water partition coefficient (Wildman–Crippen LogP) is 4.23. The molecule has 0 aromatic heterocycles. The zero-order chi connectivity index (χ0) is 18.2. The summed E-state index contributed by atoms with van der Waals surface area (Å²) in [5.74, 6) is 0.632. The van der Waals surface area contributed by atoms with Crippen LogP contribution in [0.1, 0.15) is 15.9 Å². The van der Waals surface area contributed by atoms with Gasteiger partial charge < -0.3 is 18.9 Å². The van der Waals surface area contributed by atoms with Gasteiger partial charge in [-0.1, -0.05) is 43.0 Å². The number of carbonyl (C=O) groups is 1. The molecule has 0 N–H and O–H groups in total. The second-order valence-electron chi connectivity index (χ2n) is 4.96. The SMILES string of the molecule is C=CCOc1c(C(=O)OC)cc(I)c(OC)c1OCc1ccccc1. The first-order valence-electron chi connectivity index (χ1n) is 7.51. The standard InChI is InChI=1S/C19H19IO5/c1-4-10-24-16-14(19(21)23-3)11-15(20)17(22-2)18(16)25-12-13-8-6-5-7-9-13/h4-9,11H,1,10,12H2,2-3H3. The lowest BCUT2D eigenvalue weighted by molar-refractivity contribution is 0.0595. The van der Waals surface area contributed by atoms with Crippen LogP contribution in [0, 0.1) is 3.57 Å². The Balaban J connectivity index is 2.49. The first kappa shape index (κ1) is 19.1. The van der Waals surface area contributed by atoms with Gasteiger partial charge in [0.15, 0.2) is 11.5 Å². The van der Waals surface area contributed by atoms with Crippen LogP contribution >= 0.6 is 22.6 Å². The number of hydrogen-bond donors (Lipinski definition) is 0. The normalized spacial score (nSPS) is 10.0. The van der Waals surface area contributed by atoms with Crippen LogP contribution in [-0.2, 0) is 11.3 Å². The van der Waals surface area contributed by atoms with Crippen molar-refractivity contribution in [3.05, 3.63) is 63.8 Å². The van der Waals surface area contributed by atoms with Gasteiger partial charge in [-0.25, -0.2) is 4.79 Å². The minimum atomic E-state index is -0.510. The summed E-state index contributed by atoms with van der Waals surface area (Å²) in [6, 6.07) is 11.3. The summed E-state index contributed by atoms with van der Waals surface area (Å²) in [7, 11) is 2.86. The summed E-state index contributed by atoms with van der Waals surface area (Å²) >= 11 is 2.08. The molecular weight excluding hydrogens is 435 g/mol. The quantitative estimate of drug-likeness (QED) is 0.340. The molecule has 0 aliphatic carbocycles. The Morgan fingerprint density at radius 3 is 2.44 bits per heavy atom. The lowest BCUT2D eigenvalue weighted by Crippen LogP contribution is -2.10. The highest BCUT2D eigenvalue weighted by Crippen LogP contribution is 2.44. The van der Waals surface area contributed by atoms with E-state index in [1.165, 1.54) is 7.11 Å². The lowest BCUT2D eigenvalue weighted by Gasteiger charge is -2.19. The lowest BCUT2D eigenvalue weighted by atomic mass is 10.1. The third-order valence-corrected chi connectivity index (χ3v) is 4.13. The Morgan fingerprint density at radius 1 is 1.12 bits per heavy atom. The molecule has 0 aliphatic rings. The van der Waals surface area contributed by atoms with Gasteiger partial charge in [-0.15, -0.1) is 0 Å². The van der Waals surface area contributed by atoms with Crippen LogP contribution < -0.4 is 14.2 Å². The number of methoxy groups -OCH3 is 2. The number of hydrogen-bond acceptors (Lipinski definition) is 5.